The Balaban J connectivity index is 1.78. The number of carbonyl (C=O) groups excluding carboxylic acids is 2. The molecule has 2 aliphatic rings. The highest BCUT2D eigenvalue weighted by Gasteiger charge is 2.30. The maximum Gasteiger partial charge on any atom is 0.263 e. The first-order valence-electron chi connectivity index (χ1n) is 8.83. The van der Waals surface area contributed by atoms with Gasteiger partial charge in [0.05, 0.1) is 0 Å². The van der Waals surface area contributed by atoms with E-state index in [4.69, 9.17) is 4.74 Å². The van der Waals surface area contributed by atoms with Gasteiger partial charge >= 0.3 is 0 Å². The molecule has 3 rings (SSSR count). The molecule has 1 aliphatic heterocycles. The second-order valence-corrected chi connectivity index (χ2v) is 7.29. The Hall–Kier alpha value is -2.04. The number of nitrogens with one attached hydrogen (secondary N) is 1. The molecule has 0 spiro atoms. The van der Waals surface area contributed by atoms with E-state index in [0.717, 1.165) is 42.8 Å². The van der Waals surface area contributed by atoms with Crippen molar-refractivity contribution in [2.75, 3.05) is 11.9 Å². The Bertz CT molecular complexity index is 637. The standard InChI is InChI=1S/C19H26N2O3/c1-12(2)8-9-21-11-15-10-16(20-18(22)14-4-5-14)6-7-17(15)24-13(3)19(21)23/h6-7,10,12-14H,4-5,8-9,11H2,1-3H3,(H,20,22). The van der Waals surface area contributed by atoms with Gasteiger partial charge in [-0.1, -0.05) is 13.8 Å². The summed E-state index contributed by atoms with van der Waals surface area (Å²) >= 11 is 0. The van der Waals surface area contributed by atoms with Crippen molar-refractivity contribution in [1.29, 1.82) is 0 Å². The Morgan fingerprint density at radius 3 is 2.79 bits per heavy atom. The van der Waals surface area contributed by atoms with Crippen LogP contribution in [0.25, 0.3) is 0 Å². The van der Waals surface area contributed by atoms with Crippen LogP contribution in [-0.2, 0) is 16.1 Å². The van der Waals surface area contributed by atoms with Crippen LogP contribution >= 0.6 is 0 Å². The largest absolute Gasteiger partial charge is 0.481 e. The number of hydrogen-bond donors (Lipinski definition) is 1. The highest BCUT2D eigenvalue weighted by atomic mass is 16.5. The topological polar surface area (TPSA) is 58.6 Å². The predicted octanol–water partition coefficient (Wildman–Crippen LogP) is 3.19. The van der Waals surface area contributed by atoms with Crippen LogP contribution in [0.15, 0.2) is 18.2 Å². The SMILES string of the molecule is CC(C)CCN1Cc2cc(NC(=O)C3CC3)ccc2OC(C)C1=O. The lowest BCUT2D eigenvalue weighted by molar-refractivity contribution is -0.137. The zero-order valence-corrected chi connectivity index (χ0v) is 14.7. The minimum atomic E-state index is -0.481. The molecule has 1 atom stereocenters. The van der Waals surface area contributed by atoms with Crippen molar-refractivity contribution in [1.82, 2.24) is 4.90 Å². The Labute approximate surface area is 143 Å². The molecule has 1 saturated carbocycles. The van der Waals surface area contributed by atoms with E-state index in [1.54, 1.807) is 6.92 Å². The molecule has 1 N–H and O–H groups in total. The summed E-state index contributed by atoms with van der Waals surface area (Å²) in [6, 6.07) is 5.64. The van der Waals surface area contributed by atoms with Crippen molar-refractivity contribution in [3.63, 3.8) is 0 Å². The van der Waals surface area contributed by atoms with Gasteiger partial charge in [0.25, 0.3) is 5.91 Å². The molecule has 5 heteroatoms. The van der Waals surface area contributed by atoms with E-state index in [-0.39, 0.29) is 17.7 Å². The molecule has 0 saturated heterocycles. The number of hydrogen-bond acceptors (Lipinski definition) is 3. The molecular formula is C19H26N2O3. The van der Waals surface area contributed by atoms with Crippen LogP contribution in [0.4, 0.5) is 5.69 Å². The number of amides is 2. The monoisotopic (exact) mass is 330 g/mol. The van der Waals surface area contributed by atoms with Gasteiger partial charge in [-0.3, -0.25) is 9.59 Å². The summed E-state index contributed by atoms with van der Waals surface area (Å²) in [6.45, 7) is 7.35. The maximum absolute atomic E-state index is 12.5. The minimum absolute atomic E-state index is 0.0235. The number of benzene rings is 1. The zero-order valence-electron chi connectivity index (χ0n) is 14.7. The molecule has 1 heterocycles. The number of anilines is 1. The molecule has 1 aliphatic carbocycles. The van der Waals surface area contributed by atoms with Crippen molar-refractivity contribution in [2.24, 2.45) is 11.8 Å². The summed E-state index contributed by atoms with van der Waals surface area (Å²) in [7, 11) is 0. The fourth-order valence-corrected chi connectivity index (χ4v) is 2.87. The van der Waals surface area contributed by atoms with Gasteiger partial charge in [0.15, 0.2) is 6.10 Å². The Morgan fingerprint density at radius 1 is 1.38 bits per heavy atom. The Morgan fingerprint density at radius 2 is 2.12 bits per heavy atom. The van der Waals surface area contributed by atoms with Crippen molar-refractivity contribution in [2.45, 2.75) is 52.7 Å². The van der Waals surface area contributed by atoms with Crippen LogP contribution in [0.2, 0.25) is 0 Å². The van der Waals surface area contributed by atoms with Crippen molar-refractivity contribution in [3.8, 4) is 5.75 Å². The third-order valence-corrected chi connectivity index (χ3v) is 4.58. The number of carbonyl (C=O) groups is 2. The van der Waals surface area contributed by atoms with Gasteiger partial charge in [0.1, 0.15) is 5.75 Å². The quantitative estimate of drug-likeness (QED) is 0.902. The lowest BCUT2D eigenvalue weighted by atomic mass is 10.1. The highest BCUT2D eigenvalue weighted by Crippen LogP contribution is 2.32. The summed E-state index contributed by atoms with van der Waals surface area (Å²) in [5, 5.41) is 2.96. The fourth-order valence-electron chi connectivity index (χ4n) is 2.87. The highest BCUT2D eigenvalue weighted by molar-refractivity contribution is 5.94. The zero-order chi connectivity index (χ0) is 17.3. The van der Waals surface area contributed by atoms with E-state index in [9.17, 15) is 9.59 Å². The van der Waals surface area contributed by atoms with Crippen molar-refractivity contribution in [3.05, 3.63) is 23.8 Å². The van der Waals surface area contributed by atoms with Crippen molar-refractivity contribution >= 4 is 17.5 Å². The van der Waals surface area contributed by atoms with Crippen LogP contribution in [0.1, 0.15) is 45.6 Å². The van der Waals surface area contributed by atoms with Crippen LogP contribution in [0, 0.1) is 11.8 Å². The number of nitrogens with zero attached hydrogens (tertiary/aromatic N) is 1. The summed E-state index contributed by atoms with van der Waals surface area (Å²) in [5.41, 5.74) is 1.73. The lowest BCUT2D eigenvalue weighted by Crippen LogP contribution is -2.38. The second-order valence-electron chi connectivity index (χ2n) is 7.29. The van der Waals surface area contributed by atoms with E-state index in [0.29, 0.717) is 12.5 Å². The van der Waals surface area contributed by atoms with E-state index in [1.807, 2.05) is 23.1 Å². The van der Waals surface area contributed by atoms with Crippen LogP contribution in [0.3, 0.4) is 0 Å². The summed E-state index contributed by atoms with van der Waals surface area (Å²) in [5.74, 6) is 1.55. The molecule has 1 fully saturated rings. The van der Waals surface area contributed by atoms with Gasteiger partial charge in [-0.05, 0) is 50.3 Å². The van der Waals surface area contributed by atoms with Crippen LogP contribution in [0.5, 0.6) is 5.75 Å². The first kappa shape index (κ1) is 16.8. The van der Waals surface area contributed by atoms with Gasteiger partial charge in [-0.2, -0.15) is 0 Å². The third kappa shape index (κ3) is 3.89. The molecule has 1 aromatic rings. The normalized spacial score (nSPS) is 20.4. The van der Waals surface area contributed by atoms with Gasteiger partial charge in [-0.15, -0.1) is 0 Å². The average molecular weight is 330 g/mol. The lowest BCUT2D eigenvalue weighted by Gasteiger charge is -2.23. The van der Waals surface area contributed by atoms with E-state index in [1.165, 1.54) is 0 Å². The minimum Gasteiger partial charge on any atom is -0.481 e. The second kappa shape index (κ2) is 6.83. The smallest absolute Gasteiger partial charge is 0.263 e. The predicted molar refractivity (Wildman–Crippen MR) is 92.8 cm³/mol. The van der Waals surface area contributed by atoms with Crippen molar-refractivity contribution < 1.29 is 14.3 Å². The van der Waals surface area contributed by atoms with Gasteiger partial charge < -0.3 is 15.0 Å². The van der Waals surface area contributed by atoms with E-state index >= 15 is 0 Å². The molecule has 1 unspecified atom stereocenters. The summed E-state index contributed by atoms with van der Waals surface area (Å²) in [4.78, 5) is 26.3. The van der Waals surface area contributed by atoms with Gasteiger partial charge in [0.2, 0.25) is 5.91 Å². The number of ether oxygens (including phenoxy) is 1. The fraction of sp³-hybridized carbons (Fsp3) is 0.579. The molecule has 0 bridgehead atoms. The van der Waals surface area contributed by atoms with Gasteiger partial charge in [-0.25, -0.2) is 0 Å². The van der Waals surface area contributed by atoms with Crippen LogP contribution in [-0.4, -0.2) is 29.4 Å². The molecule has 130 valence electrons. The molecule has 0 radical (unpaired) electrons. The van der Waals surface area contributed by atoms with Crippen LogP contribution < -0.4 is 10.1 Å². The molecule has 1 aromatic carbocycles. The maximum atomic E-state index is 12.5. The summed E-state index contributed by atoms with van der Waals surface area (Å²) < 4.78 is 5.82. The van der Waals surface area contributed by atoms with E-state index in [2.05, 4.69) is 19.2 Å². The molecule has 0 aromatic heterocycles. The molecule has 24 heavy (non-hydrogen) atoms. The van der Waals surface area contributed by atoms with E-state index < -0.39 is 6.10 Å². The number of rotatable bonds is 5. The molecule has 2 amide bonds. The first-order chi connectivity index (χ1) is 11.4. The van der Waals surface area contributed by atoms with Gasteiger partial charge in [0, 0.05) is 30.3 Å². The average Bonchev–Trinajstić information content (AvgIpc) is 3.37. The first-order valence-corrected chi connectivity index (χ1v) is 8.83. The summed E-state index contributed by atoms with van der Waals surface area (Å²) in [6.07, 6.45) is 2.45. The third-order valence-electron chi connectivity index (χ3n) is 4.58. The number of fused-ring (bicyclic) bond motifs is 1. The Kier molecular flexibility index (Phi) is 4.78. The molecule has 5 nitrogen and oxygen atoms in total. The molecular weight excluding hydrogens is 304 g/mol.